The molecule has 0 spiro atoms. The van der Waals surface area contributed by atoms with Crippen LogP contribution in [-0.4, -0.2) is 25.6 Å². The lowest BCUT2D eigenvalue weighted by Gasteiger charge is -2.10. The second-order valence-electron chi connectivity index (χ2n) is 5.17. The van der Waals surface area contributed by atoms with Crippen molar-refractivity contribution in [1.29, 1.82) is 0 Å². The van der Waals surface area contributed by atoms with E-state index in [9.17, 15) is 9.59 Å². The van der Waals surface area contributed by atoms with E-state index in [0.29, 0.717) is 11.3 Å². The van der Waals surface area contributed by atoms with Crippen LogP contribution in [0.15, 0.2) is 42.5 Å². The summed E-state index contributed by atoms with van der Waals surface area (Å²) >= 11 is 0. The number of esters is 1. The van der Waals surface area contributed by atoms with E-state index < -0.39 is 5.97 Å². The Hall–Kier alpha value is -2.82. The van der Waals surface area contributed by atoms with Gasteiger partial charge in [0, 0.05) is 5.69 Å². The molecule has 0 aliphatic heterocycles. The van der Waals surface area contributed by atoms with E-state index in [1.807, 2.05) is 32.0 Å². The van der Waals surface area contributed by atoms with Crippen molar-refractivity contribution in [3.8, 4) is 5.75 Å². The zero-order chi connectivity index (χ0) is 16.8. The predicted octanol–water partition coefficient (Wildman–Crippen LogP) is 3.11. The number of anilines is 1. The standard InChI is InChI=1S/C18H19NO4/c1-12-4-5-13(2)16(10-12)19-17(20)11-23-18(21)14-6-8-15(22-3)9-7-14/h4-10H,11H2,1-3H3,(H,19,20). The number of methoxy groups -OCH3 is 1. The van der Waals surface area contributed by atoms with E-state index in [0.717, 1.165) is 16.8 Å². The summed E-state index contributed by atoms with van der Waals surface area (Å²) < 4.78 is 10.0. The first-order chi connectivity index (χ1) is 11.0. The van der Waals surface area contributed by atoms with Crippen LogP contribution in [0.4, 0.5) is 5.69 Å². The summed E-state index contributed by atoms with van der Waals surface area (Å²) in [6.07, 6.45) is 0. The summed E-state index contributed by atoms with van der Waals surface area (Å²) in [5, 5.41) is 2.74. The number of carbonyl (C=O) groups is 2. The minimum Gasteiger partial charge on any atom is -0.497 e. The Balaban J connectivity index is 1.90. The molecule has 0 unspecified atom stereocenters. The van der Waals surface area contributed by atoms with Gasteiger partial charge in [0.15, 0.2) is 6.61 Å². The molecule has 0 aliphatic carbocycles. The van der Waals surface area contributed by atoms with Crippen molar-refractivity contribution in [2.24, 2.45) is 0 Å². The Bertz CT molecular complexity index is 707. The van der Waals surface area contributed by atoms with Crippen molar-refractivity contribution < 1.29 is 19.1 Å². The zero-order valence-corrected chi connectivity index (χ0v) is 13.4. The van der Waals surface area contributed by atoms with Crippen molar-refractivity contribution >= 4 is 17.6 Å². The average molecular weight is 313 g/mol. The van der Waals surface area contributed by atoms with Gasteiger partial charge in [-0.15, -0.1) is 0 Å². The molecule has 0 aliphatic rings. The minimum absolute atomic E-state index is 0.335. The number of benzene rings is 2. The fourth-order valence-electron chi connectivity index (χ4n) is 2.00. The number of ether oxygens (including phenoxy) is 2. The summed E-state index contributed by atoms with van der Waals surface area (Å²) in [5.41, 5.74) is 3.08. The molecular weight excluding hydrogens is 294 g/mol. The van der Waals surface area contributed by atoms with Crippen LogP contribution in [-0.2, 0) is 9.53 Å². The molecule has 2 aromatic rings. The molecule has 0 heterocycles. The van der Waals surface area contributed by atoms with Gasteiger partial charge in [0.25, 0.3) is 5.91 Å². The van der Waals surface area contributed by atoms with Gasteiger partial charge >= 0.3 is 5.97 Å². The van der Waals surface area contributed by atoms with Crippen LogP contribution in [0.5, 0.6) is 5.75 Å². The van der Waals surface area contributed by atoms with Gasteiger partial charge in [-0.2, -0.15) is 0 Å². The van der Waals surface area contributed by atoms with Crippen molar-refractivity contribution in [3.05, 3.63) is 59.2 Å². The zero-order valence-electron chi connectivity index (χ0n) is 13.4. The maximum Gasteiger partial charge on any atom is 0.338 e. The third kappa shape index (κ3) is 4.57. The van der Waals surface area contributed by atoms with Gasteiger partial charge < -0.3 is 14.8 Å². The quantitative estimate of drug-likeness (QED) is 0.861. The van der Waals surface area contributed by atoms with Crippen LogP contribution in [0.2, 0.25) is 0 Å². The summed E-state index contributed by atoms with van der Waals surface area (Å²) in [7, 11) is 1.55. The minimum atomic E-state index is -0.552. The maximum atomic E-state index is 11.9. The number of amides is 1. The molecule has 0 atom stereocenters. The largest absolute Gasteiger partial charge is 0.497 e. The number of carbonyl (C=O) groups excluding carboxylic acids is 2. The Morgan fingerprint density at radius 1 is 1.04 bits per heavy atom. The maximum absolute atomic E-state index is 11.9. The molecule has 23 heavy (non-hydrogen) atoms. The van der Waals surface area contributed by atoms with Gasteiger partial charge in [-0.25, -0.2) is 4.79 Å². The van der Waals surface area contributed by atoms with E-state index >= 15 is 0 Å². The second-order valence-corrected chi connectivity index (χ2v) is 5.17. The molecule has 0 aromatic heterocycles. The third-order valence-electron chi connectivity index (χ3n) is 3.33. The Morgan fingerprint density at radius 2 is 1.74 bits per heavy atom. The van der Waals surface area contributed by atoms with E-state index in [-0.39, 0.29) is 12.5 Å². The molecule has 0 bridgehead atoms. The van der Waals surface area contributed by atoms with Crippen LogP contribution < -0.4 is 10.1 Å². The molecular formula is C18H19NO4. The molecule has 1 N–H and O–H groups in total. The summed E-state index contributed by atoms with van der Waals surface area (Å²) in [5.74, 6) is -0.279. The van der Waals surface area contributed by atoms with Gasteiger partial charge in [0.1, 0.15) is 5.75 Å². The lowest BCUT2D eigenvalue weighted by Crippen LogP contribution is -2.21. The molecule has 0 fully saturated rings. The Kier molecular flexibility index (Phi) is 5.36. The first kappa shape index (κ1) is 16.5. The Morgan fingerprint density at radius 3 is 2.39 bits per heavy atom. The highest BCUT2D eigenvalue weighted by atomic mass is 16.5. The summed E-state index contributed by atoms with van der Waals surface area (Å²) in [6, 6.07) is 12.3. The Labute approximate surface area is 135 Å². The molecule has 5 nitrogen and oxygen atoms in total. The van der Waals surface area contributed by atoms with Gasteiger partial charge in [-0.1, -0.05) is 12.1 Å². The van der Waals surface area contributed by atoms with Crippen molar-refractivity contribution in [1.82, 2.24) is 0 Å². The van der Waals surface area contributed by atoms with Gasteiger partial charge in [0.2, 0.25) is 0 Å². The number of nitrogens with one attached hydrogen (secondary N) is 1. The van der Waals surface area contributed by atoms with E-state index in [1.165, 1.54) is 0 Å². The molecule has 2 aromatic carbocycles. The number of hydrogen-bond donors (Lipinski definition) is 1. The number of hydrogen-bond acceptors (Lipinski definition) is 4. The van der Waals surface area contributed by atoms with Crippen LogP contribution >= 0.6 is 0 Å². The van der Waals surface area contributed by atoms with Gasteiger partial charge in [0.05, 0.1) is 12.7 Å². The molecule has 0 saturated heterocycles. The lowest BCUT2D eigenvalue weighted by molar-refractivity contribution is -0.119. The van der Waals surface area contributed by atoms with Crippen molar-refractivity contribution in [3.63, 3.8) is 0 Å². The average Bonchev–Trinajstić information content (AvgIpc) is 2.56. The smallest absolute Gasteiger partial charge is 0.338 e. The highest BCUT2D eigenvalue weighted by molar-refractivity contribution is 5.96. The number of aryl methyl sites for hydroxylation is 2. The highest BCUT2D eigenvalue weighted by Crippen LogP contribution is 2.16. The first-order valence-electron chi connectivity index (χ1n) is 7.18. The second kappa shape index (κ2) is 7.45. The van der Waals surface area contributed by atoms with E-state index in [1.54, 1.807) is 31.4 Å². The molecule has 0 saturated carbocycles. The first-order valence-corrected chi connectivity index (χ1v) is 7.18. The molecule has 5 heteroatoms. The van der Waals surface area contributed by atoms with E-state index in [2.05, 4.69) is 5.32 Å². The number of rotatable bonds is 5. The fourth-order valence-corrected chi connectivity index (χ4v) is 2.00. The third-order valence-corrected chi connectivity index (χ3v) is 3.33. The normalized spacial score (nSPS) is 10.0. The van der Waals surface area contributed by atoms with Crippen LogP contribution in [0, 0.1) is 13.8 Å². The van der Waals surface area contributed by atoms with Crippen LogP contribution in [0.1, 0.15) is 21.5 Å². The lowest BCUT2D eigenvalue weighted by atomic mass is 10.1. The topological polar surface area (TPSA) is 64.6 Å². The van der Waals surface area contributed by atoms with Gasteiger partial charge in [-0.3, -0.25) is 4.79 Å². The monoisotopic (exact) mass is 313 g/mol. The van der Waals surface area contributed by atoms with Crippen molar-refractivity contribution in [2.75, 3.05) is 19.0 Å². The molecule has 0 radical (unpaired) electrons. The van der Waals surface area contributed by atoms with Gasteiger partial charge in [-0.05, 0) is 55.3 Å². The molecule has 1 amide bonds. The van der Waals surface area contributed by atoms with Crippen LogP contribution in [0.3, 0.4) is 0 Å². The highest BCUT2D eigenvalue weighted by Gasteiger charge is 2.11. The summed E-state index contributed by atoms with van der Waals surface area (Å²) in [4.78, 5) is 23.8. The predicted molar refractivity (Wildman–Crippen MR) is 87.8 cm³/mol. The van der Waals surface area contributed by atoms with Crippen LogP contribution in [0.25, 0.3) is 0 Å². The SMILES string of the molecule is COc1ccc(C(=O)OCC(=O)Nc2cc(C)ccc2C)cc1. The summed E-state index contributed by atoms with van der Waals surface area (Å²) in [6.45, 7) is 3.51. The molecule has 2 rings (SSSR count). The molecule has 120 valence electrons. The van der Waals surface area contributed by atoms with E-state index in [4.69, 9.17) is 9.47 Å². The fraction of sp³-hybridized carbons (Fsp3) is 0.222. The van der Waals surface area contributed by atoms with Crippen molar-refractivity contribution in [2.45, 2.75) is 13.8 Å².